The van der Waals surface area contributed by atoms with Crippen LogP contribution in [0, 0.1) is 17.8 Å². The second-order valence-electron chi connectivity index (χ2n) is 6.88. The minimum absolute atomic E-state index is 0.0586. The summed E-state index contributed by atoms with van der Waals surface area (Å²) in [6, 6.07) is 0. The van der Waals surface area contributed by atoms with Crippen molar-refractivity contribution in [3.63, 3.8) is 0 Å². The molecule has 4 atom stereocenters. The van der Waals surface area contributed by atoms with Crippen LogP contribution in [0.2, 0.25) is 0 Å². The first-order valence-electron chi connectivity index (χ1n) is 7.78. The highest BCUT2D eigenvalue weighted by atomic mass is 16.6. The zero-order valence-corrected chi connectivity index (χ0v) is 11.5. The number of nitrogens with zero attached hydrogens (tertiary/aromatic N) is 1. The van der Waals surface area contributed by atoms with Gasteiger partial charge in [0.1, 0.15) is 5.60 Å². The van der Waals surface area contributed by atoms with Crippen molar-refractivity contribution < 1.29 is 14.3 Å². The van der Waals surface area contributed by atoms with Crippen molar-refractivity contribution in [3.05, 3.63) is 0 Å². The Hall–Kier alpha value is -0.610. The topological polar surface area (TPSA) is 38.8 Å². The van der Waals surface area contributed by atoms with Gasteiger partial charge < -0.3 is 9.47 Å². The molecule has 0 aromatic heterocycles. The Labute approximate surface area is 114 Å². The highest BCUT2D eigenvalue weighted by Gasteiger charge is 2.58. The Kier molecular flexibility index (Phi) is 2.85. The van der Waals surface area contributed by atoms with Crippen LogP contribution in [0.1, 0.15) is 32.1 Å². The average Bonchev–Trinajstić information content (AvgIpc) is 3.07. The molecule has 19 heavy (non-hydrogen) atoms. The standard InChI is InChI=1S/C15H23NO3/c17-14-12(10-16-3-5-18-6-4-16)9-15(19-14)8-11-1-2-13(15)7-11/h11-13H,1-10H2/t11?,12?,13-,15?/m1/s1. The van der Waals surface area contributed by atoms with Gasteiger partial charge >= 0.3 is 5.97 Å². The van der Waals surface area contributed by atoms with Crippen LogP contribution in [0.15, 0.2) is 0 Å². The van der Waals surface area contributed by atoms with E-state index in [1.54, 1.807) is 0 Å². The van der Waals surface area contributed by atoms with Crippen molar-refractivity contribution >= 4 is 5.97 Å². The lowest BCUT2D eigenvalue weighted by Gasteiger charge is -2.32. The zero-order valence-electron chi connectivity index (χ0n) is 11.5. The summed E-state index contributed by atoms with van der Waals surface area (Å²) in [5.41, 5.74) is -0.0586. The van der Waals surface area contributed by atoms with Crippen LogP contribution in [-0.2, 0) is 14.3 Å². The van der Waals surface area contributed by atoms with E-state index in [-0.39, 0.29) is 17.5 Å². The normalized spacial score (nSPS) is 46.1. The average molecular weight is 265 g/mol. The molecule has 2 heterocycles. The quantitative estimate of drug-likeness (QED) is 0.708. The minimum atomic E-state index is -0.0586. The molecule has 4 heteroatoms. The number of carbonyl (C=O) groups is 1. The molecule has 0 amide bonds. The molecule has 4 fully saturated rings. The van der Waals surface area contributed by atoms with Crippen LogP contribution in [0.25, 0.3) is 0 Å². The Bertz CT molecular complexity index is 380. The summed E-state index contributed by atoms with van der Waals surface area (Å²) >= 11 is 0. The highest BCUT2D eigenvalue weighted by molar-refractivity contribution is 5.75. The summed E-state index contributed by atoms with van der Waals surface area (Å²) in [4.78, 5) is 14.6. The summed E-state index contributed by atoms with van der Waals surface area (Å²) in [7, 11) is 0. The molecule has 2 saturated carbocycles. The van der Waals surface area contributed by atoms with E-state index in [0.717, 1.165) is 51.6 Å². The summed E-state index contributed by atoms with van der Waals surface area (Å²) in [5, 5.41) is 0. The van der Waals surface area contributed by atoms with Crippen molar-refractivity contribution in [2.45, 2.75) is 37.7 Å². The predicted octanol–water partition coefficient (Wildman–Crippen LogP) is 1.44. The third kappa shape index (κ3) is 2.00. The molecule has 2 bridgehead atoms. The van der Waals surface area contributed by atoms with Crippen LogP contribution in [-0.4, -0.2) is 49.3 Å². The first-order valence-corrected chi connectivity index (χ1v) is 7.78. The zero-order chi connectivity index (χ0) is 12.9. The van der Waals surface area contributed by atoms with Gasteiger partial charge in [0.25, 0.3) is 0 Å². The van der Waals surface area contributed by atoms with E-state index in [1.165, 1.54) is 19.3 Å². The molecule has 4 nitrogen and oxygen atoms in total. The SMILES string of the molecule is O=C1OC2(CC3CC[C@@H]2C3)CC1CN1CCOCC1. The molecule has 0 aromatic carbocycles. The Morgan fingerprint density at radius 2 is 2.05 bits per heavy atom. The van der Waals surface area contributed by atoms with Gasteiger partial charge in [-0.2, -0.15) is 0 Å². The molecule has 0 N–H and O–H groups in total. The van der Waals surface area contributed by atoms with Gasteiger partial charge in [-0.05, 0) is 37.5 Å². The van der Waals surface area contributed by atoms with Gasteiger partial charge in [0.05, 0.1) is 19.1 Å². The number of ether oxygens (including phenoxy) is 2. The van der Waals surface area contributed by atoms with E-state index in [0.29, 0.717) is 5.92 Å². The lowest BCUT2D eigenvalue weighted by atomic mass is 9.80. The molecule has 0 radical (unpaired) electrons. The van der Waals surface area contributed by atoms with E-state index in [1.807, 2.05) is 0 Å². The monoisotopic (exact) mass is 265 g/mol. The lowest BCUT2D eigenvalue weighted by Crippen LogP contribution is -2.40. The number of esters is 1. The van der Waals surface area contributed by atoms with Crippen LogP contribution in [0.5, 0.6) is 0 Å². The smallest absolute Gasteiger partial charge is 0.310 e. The van der Waals surface area contributed by atoms with E-state index in [2.05, 4.69) is 4.90 Å². The molecule has 2 aliphatic heterocycles. The van der Waals surface area contributed by atoms with Crippen molar-refractivity contribution in [3.8, 4) is 0 Å². The van der Waals surface area contributed by atoms with Crippen molar-refractivity contribution in [2.24, 2.45) is 17.8 Å². The van der Waals surface area contributed by atoms with Crippen molar-refractivity contribution in [1.82, 2.24) is 4.90 Å². The number of morpholine rings is 1. The predicted molar refractivity (Wildman–Crippen MR) is 69.6 cm³/mol. The molecule has 0 aromatic rings. The van der Waals surface area contributed by atoms with Gasteiger partial charge in [-0.15, -0.1) is 0 Å². The number of hydrogen-bond acceptors (Lipinski definition) is 4. The maximum atomic E-state index is 12.2. The third-order valence-corrected chi connectivity index (χ3v) is 5.73. The fraction of sp³-hybridized carbons (Fsp3) is 0.933. The number of carbonyl (C=O) groups excluding carboxylic acids is 1. The van der Waals surface area contributed by atoms with Gasteiger partial charge in [0.15, 0.2) is 0 Å². The number of fused-ring (bicyclic) bond motifs is 3. The Balaban J connectivity index is 1.42. The highest BCUT2D eigenvalue weighted by Crippen LogP contribution is 2.57. The van der Waals surface area contributed by atoms with Crippen LogP contribution in [0.3, 0.4) is 0 Å². The Morgan fingerprint density at radius 3 is 2.74 bits per heavy atom. The molecule has 4 aliphatic rings. The number of hydrogen-bond donors (Lipinski definition) is 0. The molecule has 2 aliphatic carbocycles. The van der Waals surface area contributed by atoms with Crippen molar-refractivity contribution in [1.29, 1.82) is 0 Å². The first kappa shape index (κ1) is 12.2. The lowest BCUT2D eigenvalue weighted by molar-refractivity contribution is -0.154. The third-order valence-electron chi connectivity index (χ3n) is 5.73. The van der Waals surface area contributed by atoms with Crippen LogP contribution < -0.4 is 0 Å². The fourth-order valence-corrected chi connectivity index (χ4v) is 4.83. The molecule has 4 rings (SSSR count). The summed E-state index contributed by atoms with van der Waals surface area (Å²) in [6.45, 7) is 4.40. The van der Waals surface area contributed by atoms with E-state index in [9.17, 15) is 4.79 Å². The summed E-state index contributed by atoms with van der Waals surface area (Å²) in [5.74, 6) is 1.67. The number of rotatable bonds is 2. The van der Waals surface area contributed by atoms with Crippen LogP contribution in [0.4, 0.5) is 0 Å². The molecule has 3 unspecified atom stereocenters. The molecule has 2 saturated heterocycles. The first-order chi connectivity index (χ1) is 9.25. The van der Waals surface area contributed by atoms with Gasteiger partial charge in [0.2, 0.25) is 0 Å². The second kappa shape index (κ2) is 4.45. The van der Waals surface area contributed by atoms with Gasteiger partial charge in [0, 0.05) is 26.1 Å². The minimum Gasteiger partial charge on any atom is -0.458 e. The summed E-state index contributed by atoms with van der Waals surface area (Å²) in [6.07, 6.45) is 6.06. The van der Waals surface area contributed by atoms with Gasteiger partial charge in [-0.1, -0.05) is 0 Å². The molecule has 106 valence electrons. The van der Waals surface area contributed by atoms with E-state index < -0.39 is 0 Å². The molecular formula is C15H23NO3. The summed E-state index contributed by atoms with van der Waals surface area (Å²) < 4.78 is 11.3. The molecular weight excluding hydrogens is 242 g/mol. The fourth-order valence-electron chi connectivity index (χ4n) is 4.83. The maximum Gasteiger partial charge on any atom is 0.310 e. The van der Waals surface area contributed by atoms with Crippen LogP contribution >= 0.6 is 0 Å². The van der Waals surface area contributed by atoms with Gasteiger partial charge in [-0.3, -0.25) is 9.69 Å². The van der Waals surface area contributed by atoms with Gasteiger partial charge in [-0.25, -0.2) is 0 Å². The molecule has 1 spiro atoms. The van der Waals surface area contributed by atoms with E-state index >= 15 is 0 Å². The second-order valence-corrected chi connectivity index (χ2v) is 6.88. The Morgan fingerprint density at radius 1 is 1.21 bits per heavy atom. The largest absolute Gasteiger partial charge is 0.458 e. The van der Waals surface area contributed by atoms with Crippen molar-refractivity contribution in [2.75, 3.05) is 32.8 Å². The maximum absolute atomic E-state index is 12.2. The van der Waals surface area contributed by atoms with E-state index in [4.69, 9.17) is 9.47 Å².